The molecule has 148 valence electrons. The van der Waals surface area contributed by atoms with Crippen molar-refractivity contribution < 1.29 is 22.4 Å². The highest BCUT2D eigenvalue weighted by Gasteiger charge is 2.38. The zero-order chi connectivity index (χ0) is 20.2. The highest BCUT2D eigenvalue weighted by molar-refractivity contribution is 5.92. The number of nitrogens with one attached hydrogen (secondary N) is 1. The molecule has 0 saturated heterocycles. The Kier molecular flexibility index (Phi) is 3.73. The van der Waals surface area contributed by atoms with Crippen LogP contribution in [-0.2, 0) is 12.6 Å². The summed E-state index contributed by atoms with van der Waals surface area (Å²) < 4.78 is 46.5. The number of hydrogen-bond donors (Lipinski definition) is 1. The number of H-pyrrole nitrogens is 1. The molecule has 0 aromatic carbocycles. The number of alkyl halides is 3. The molecular formula is C18H13F3N6O2. The molecule has 1 amide bonds. The number of halogens is 3. The van der Waals surface area contributed by atoms with Crippen LogP contribution in [0.5, 0.6) is 0 Å². The lowest BCUT2D eigenvalue weighted by atomic mass is 9.99. The standard InChI is InChI=1S/C18H13F3N6O2/c19-18(20,21)10-2-1-4-27-13(10)6-12(25-27)16-15-11(23-8-24-15)3-5-26(16)17(28)14-7-22-9-29-14/h1-2,4,6-9,16H,3,5H2,(H,23,24)/t16-/m0/s1. The van der Waals surface area contributed by atoms with Crippen molar-refractivity contribution >= 4 is 11.4 Å². The van der Waals surface area contributed by atoms with E-state index in [1.165, 1.54) is 35.8 Å². The second kappa shape index (κ2) is 6.19. The van der Waals surface area contributed by atoms with E-state index < -0.39 is 23.7 Å². The van der Waals surface area contributed by atoms with Crippen LogP contribution in [0.4, 0.5) is 13.2 Å². The van der Waals surface area contributed by atoms with Gasteiger partial charge >= 0.3 is 6.18 Å². The van der Waals surface area contributed by atoms with Crippen LogP contribution >= 0.6 is 0 Å². The van der Waals surface area contributed by atoms with Crippen molar-refractivity contribution in [3.63, 3.8) is 0 Å². The molecule has 0 spiro atoms. The van der Waals surface area contributed by atoms with Crippen LogP contribution in [0.2, 0.25) is 0 Å². The first-order chi connectivity index (χ1) is 13.9. The third kappa shape index (κ3) is 2.77. The van der Waals surface area contributed by atoms with Gasteiger partial charge < -0.3 is 14.3 Å². The van der Waals surface area contributed by atoms with Gasteiger partial charge in [-0.2, -0.15) is 18.3 Å². The van der Waals surface area contributed by atoms with Crippen LogP contribution in [0, 0.1) is 0 Å². The molecule has 11 heteroatoms. The Morgan fingerprint density at radius 2 is 2.21 bits per heavy atom. The number of aromatic nitrogens is 5. The van der Waals surface area contributed by atoms with Crippen molar-refractivity contribution in [1.82, 2.24) is 29.5 Å². The molecular weight excluding hydrogens is 389 g/mol. The van der Waals surface area contributed by atoms with E-state index in [1.54, 1.807) is 0 Å². The summed E-state index contributed by atoms with van der Waals surface area (Å²) in [5.41, 5.74) is 0.739. The van der Waals surface area contributed by atoms with Crippen molar-refractivity contribution in [2.45, 2.75) is 18.6 Å². The minimum absolute atomic E-state index is 0.0359. The Bertz CT molecular complexity index is 1190. The maximum absolute atomic E-state index is 13.4. The number of fused-ring (bicyclic) bond motifs is 2. The lowest BCUT2D eigenvalue weighted by Gasteiger charge is -2.33. The number of rotatable bonds is 2. The monoisotopic (exact) mass is 402 g/mol. The fourth-order valence-electron chi connectivity index (χ4n) is 3.67. The minimum Gasteiger partial charge on any atom is -0.438 e. The molecule has 5 heterocycles. The zero-order valence-electron chi connectivity index (χ0n) is 14.7. The zero-order valence-corrected chi connectivity index (χ0v) is 14.7. The van der Waals surface area contributed by atoms with E-state index in [0.717, 1.165) is 22.7 Å². The SMILES string of the molecule is O=C(c1cnco1)N1CCc2[nH]cnc2[C@@H]1c1cc2c(C(F)(F)F)cccn2n1. The molecule has 0 unspecified atom stereocenters. The number of carbonyl (C=O) groups excluding carboxylic acids is 1. The van der Waals surface area contributed by atoms with Gasteiger partial charge in [0, 0.05) is 24.9 Å². The average molecular weight is 402 g/mol. The molecule has 1 atom stereocenters. The number of imidazole rings is 1. The Balaban J connectivity index is 1.66. The van der Waals surface area contributed by atoms with Crippen molar-refractivity contribution in [3.05, 3.63) is 71.7 Å². The number of oxazole rings is 1. The van der Waals surface area contributed by atoms with E-state index in [9.17, 15) is 18.0 Å². The third-order valence-electron chi connectivity index (χ3n) is 4.94. The molecule has 0 bridgehead atoms. The maximum Gasteiger partial charge on any atom is 0.418 e. The lowest BCUT2D eigenvalue weighted by Crippen LogP contribution is -2.40. The number of hydrogen-bond acceptors (Lipinski definition) is 5. The summed E-state index contributed by atoms with van der Waals surface area (Å²) in [4.78, 5) is 25.5. The number of amides is 1. The Morgan fingerprint density at radius 1 is 1.34 bits per heavy atom. The second-order valence-corrected chi connectivity index (χ2v) is 6.60. The fourth-order valence-corrected chi connectivity index (χ4v) is 3.67. The van der Waals surface area contributed by atoms with Crippen LogP contribution < -0.4 is 0 Å². The molecule has 0 radical (unpaired) electrons. The number of nitrogens with zero attached hydrogens (tertiary/aromatic N) is 5. The van der Waals surface area contributed by atoms with Crippen molar-refractivity contribution in [2.24, 2.45) is 0 Å². The molecule has 1 aliphatic rings. The van der Waals surface area contributed by atoms with Gasteiger partial charge in [-0.25, -0.2) is 14.5 Å². The number of aromatic amines is 1. The van der Waals surface area contributed by atoms with Gasteiger partial charge in [0.05, 0.1) is 35.0 Å². The minimum atomic E-state index is -4.53. The van der Waals surface area contributed by atoms with Crippen molar-refractivity contribution in [1.29, 1.82) is 0 Å². The van der Waals surface area contributed by atoms with E-state index in [0.29, 0.717) is 18.7 Å². The van der Waals surface area contributed by atoms with Gasteiger partial charge in [-0.15, -0.1) is 0 Å². The second-order valence-electron chi connectivity index (χ2n) is 6.60. The average Bonchev–Trinajstić information content (AvgIpc) is 3.45. The topological polar surface area (TPSA) is 92.3 Å². The molecule has 4 aromatic heterocycles. The highest BCUT2D eigenvalue weighted by Crippen LogP contribution is 2.37. The van der Waals surface area contributed by atoms with Gasteiger partial charge in [-0.05, 0) is 18.2 Å². The first kappa shape index (κ1) is 17.5. The summed E-state index contributed by atoms with van der Waals surface area (Å²) in [5.74, 6) is -0.400. The van der Waals surface area contributed by atoms with E-state index in [1.807, 2.05) is 0 Å². The van der Waals surface area contributed by atoms with E-state index in [-0.39, 0.29) is 17.0 Å². The van der Waals surface area contributed by atoms with Gasteiger partial charge in [0.25, 0.3) is 5.91 Å². The molecule has 0 fully saturated rings. The fraction of sp³-hybridized carbons (Fsp3) is 0.222. The smallest absolute Gasteiger partial charge is 0.418 e. The van der Waals surface area contributed by atoms with E-state index in [2.05, 4.69) is 20.1 Å². The molecule has 8 nitrogen and oxygen atoms in total. The quantitative estimate of drug-likeness (QED) is 0.557. The summed E-state index contributed by atoms with van der Waals surface area (Å²) in [6, 6.07) is 2.87. The van der Waals surface area contributed by atoms with E-state index >= 15 is 0 Å². The molecule has 0 aliphatic carbocycles. The normalized spacial score (nSPS) is 16.9. The summed E-state index contributed by atoms with van der Waals surface area (Å²) in [6.45, 7) is 0.319. The molecule has 29 heavy (non-hydrogen) atoms. The predicted octanol–water partition coefficient (Wildman–Crippen LogP) is 2.85. The third-order valence-corrected chi connectivity index (χ3v) is 4.94. The first-order valence-electron chi connectivity index (χ1n) is 8.70. The molecule has 4 aromatic rings. The van der Waals surface area contributed by atoms with Crippen LogP contribution in [-0.4, -0.2) is 41.9 Å². The molecule has 5 rings (SSSR count). The van der Waals surface area contributed by atoms with Crippen molar-refractivity contribution in [3.8, 4) is 0 Å². The lowest BCUT2D eigenvalue weighted by molar-refractivity contribution is -0.136. The predicted molar refractivity (Wildman–Crippen MR) is 91.9 cm³/mol. The van der Waals surface area contributed by atoms with Crippen molar-refractivity contribution in [2.75, 3.05) is 6.54 Å². The van der Waals surface area contributed by atoms with Gasteiger partial charge in [0.15, 0.2) is 6.39 Å². The van der Waals surface area contributed by atoms with Gasteiger partial charge in [-0.1, -0.05) is 0 Å². The van der Waals surface area contributed by atoms with Gasteiger partial charge in [0.1, 0.15) is 6.04 Å². The largest absolute Gasteiger partial charge is 0.438 e. The summed E-state index contributed by atoms with van der Waals surface area (Å²) in [6.07, 6.45) is 1.37. The maximum atomic E-state index is 13.4. The van der Waals surface area contributed by atoms with Crippen LogP contribution in [0.15, 0.2) is 47.7 Å². The van der Waals surface area contributed by atoms with Crippen LogP contribution in [0.25, 0.3) is 5.52 Å². The molecule has 1 N–H and O–H groups in total. The Hall–Kier alpha value is -3.63. The van der Waals surface area contributed by atoms with Crippen LogP contribution in [0.1, 0.15) is 39.2 Å². The van der Waals surface area contributed by atoms with E-state index in [4.69, 9.17) is 4.42 Å². The number of carbonyl (C=O) groups is 1. The highest BCUT2D eigenvalue weighted by atomic mass is 19.4. The Labute approximate surface area is 161 Å². The number of pyridine rings is 1. The summed E-state index contributed by atoms with van der Waals surface area (Å²) >= 11 is 0. The summed E-state index contributed by atoms with van der Waals surface area (Å²) in [5, 5.41) is 4.33. The summed E-state index contributed by atoms with van der Waals surface area (Å²) in [7, 11) is 0. The Morgan fingerprint density at radius 3 is 2.97 bits per heavy atom. The van der Waals surface area contributed by atoms with Crippen LogP contribution in [0.3, 0.4) is 0 Å². The van der Waals surface area contributed by atoms with Gasteiger partial charge in [-0.3, -0.25) is 4.79 Å². The molecule has 1 aliphatic heterocycles. The van der Waals surface area contributed by atoms with Gasteiger partial charge in [0.2, 0.25) is 5.76 Å². The first-order valence-corrected chi connectivity index (χ1v) is 8.70. The molecule has 0 saturated carbocycles.